The van der Waals surface area contributed by atoms with E-state index in [1.165, 1.54) is 5.56 Å². The smallest absolute Gasteiger partial charge is 0.311 e. The molecule has 0 aliphatic rings. The van der Waals surface area contributed by atoms with Crippen LogP contribution in [-0.4, -0.2) is 5.97 Å². The molecule has 0 heterocycles. The van der Waals surface area contributed by atoms with Gasteiger partial charge in [0.1, 0.15) is 5.75 Å². The molecule has 16 heavy (non-hydrogen) atoms. The fourth-order valence-electron chi connectivity index (χ4n) is 1.61. The minimum Gasteiger partial charge on any atom is -0.426 e. The Labute approximate surface area is 97.6 Å². The Kier molecular flexibility index (Phi) is 5.03. The molecular formula is C14H20O2. The Morgan fingerprint density at radius 1 is 1.25 bits per heavy atom. The van der Waals surface area contributed by atoms with E-state index in [0.717, 1.165) is 24.8 Å². The first kappa shape index (κ1) is 12.8. The lowest BCUT2D eigenvalue weighted by Gasteiger charge is -2.07. The number of carbonyl (C=O) groups is 1. The van der Waals surface area contributed by atoms with Crippen LogP contribution in [0.25, 0.3) is 0 Å². The van der Waals surface area contributed by atoms with Crippen LogP contribution in [0.4, 0.5) is 0 Å². The van der Waals surface area contributed by atoms with E-state index in [0.29, 0.717) is 12.2 Å². The predicted molar refractivity (Wildman–Crippen MR) is 65.7 cm³/mol. The molecule has 0 aliphatic carbocycles. The third-order valence-corrected chi connectivity index (χ3v) is 2.54. The van der Waals surface area contributed by atoms with Gasteiger partial charge in [-0.15, -0.1) is 0 Å². The van der Waals surface area contributed by atoms with Crippen molar-refractivity contribution < 1.29 is 9.53 Å². The second kappa shape index (κ2) is 6.31. The normalized spacial score (nSPS) is 10.2. The standard InChI is InChI=1S/C14H20O2/c1-4-5-6-7-14(15)16-13-9-8-11(2)10-12(13)3/h8-10H,4-7H2,1-3H3. The number of ether oxygens (including phenoxy) is 1. The van der Waals surface area contributed by atoms with Gasteiger partial charge in [0.05, 0.1) is 0 Å². The molecule has 0 spiro atoms. The van der Waals surface area contributed by atoms with Gasteiger partial charge in [-0.1, -0.05) is 37.5 Å². The van der Waals surface area contributed by atoms with E-state index in [1.807, 2.05) is 32.0 Å². The fourth-order valence-corrected chi connectivity index (χ4v) is 1.61. The van der Waals surface area contributed by atoms with Crippen LogP contribution in [-0.2, 0) is 4.79 Å². The number of esters is 1. The molecule has 0 saturated heterocycles. The third kappa shape index (κ3) is 4.05. The highest BCUT2D eigenvalue weighted by Gasteiger charge is 2.06. The lowest BCUT2D eigenvalue weighted by atomic mass is 10.1. The minimum atomic E-state index is -0.125. The van der Waals surface area contributed by atoms with Crippen molar-refractivity contribution in [1.82, 2.24) is 0 Å². The van der Waals surface area contributed by atoms with Crippen LogP contribution < -0.4 is 4.74 Å². The van der Waals surface area contributed by atoms with Crippen molar-refractivity contribution in [2.24, 2.45) is 0 Å². The summed E-state index contributed by atoms with van der Waals surface area (Å²) in [6.45, 7) is 6.11. The molecule has 0 bridgehead atoms. The van der Waals surface area contributed by atoms with E-state index >= 15 is 0 Å². The van der Waals surface area contributed by atoms with Crippen LogP contribution in [0.2, 0.25) is 0 Å². The molecule has 88 valence electrons. The largest absolute Gasteiger partial charge is 0.426 e. The number of unbranched alkanes of at least 4 members (excludes halogenated alkanes) is 2. The van der Waals surface area contributed by atoms with E-state index in [9.17, 15) is 4.79 Å². The molecule has 1 aromatic carbocycles. The van der Waals surface area contributed by atoms with Gasteiger partial charge in [0.2, 0.25) is 0 Å². The number of carbonyl (C=O) groups excluding carboxylic acids is 1. The highest BCUT2D eigenvalue weighted by atomic mass is 16.5. The third-order valence-electron chi connectivity index (χ3n) is 2.54. The van der Waals surface area contributed by atoms with E-state index in [4.69, 9.17) is 4.74 Å². The van der Waals surface area contributed by atoms with Crippen LogP contribution in [0.15, 0.2) is 18.2 Å². The van der Waals surface area contributed by atoms with Crippen molar-refractivity contribution >= 4 is 5.97 Å². The van der Waals surface area contributed by atoms with Crippen LogP contribution in [0.5, 0.6) is 5.75 Å². The SMILES string of the molecule is CCCCCC(=O)Oc1ccc(C)cc1C. The van der Waals surface area contributed by atoms with E-state index in [2.05, 4.69) is 6.92 Å². The summed E-state index contributed by atoms with van der Waals surface area (Å²) in [6.07, 6.45) is 3.64. The van der Waals surface area contributed by atoms with Crippen LogP contribution in [0.3, 0.4) is 0 Å². The fraction of sp³-hybridized carbons (Fsp3) is 0.500. The predicted octanol–water partition coefficient (Wildman–Crippen LogP) is 3.79. The van der Waals surface area contributed by atoms with Gasteiger partial charge in [0.15, 0.2) is 0 Å². The summed E-state index contributed by atoms with van der Waals surface area (Å²) in [4.78, 5) is 11.5. The van der Waals surface area contributed by atoms with E-state index < -0.39 is 0 Å². The zero-order chi connectivity index (χ0) is 12.0. The summed E-state index contributed by atoms with van der Waals surface area (Å²) in [5.74, 6) is 0.563. The zero-order valence-corrected chi connectivity index (χ0v) is 10.4. The molecule has 0 aromatic heterocycles. The Morgan fingerprint density at radius 3 is 2.62 bits per heavy atom. The maximum atomic E-state index is 11.5. The van der Waals surface area contributed by atoms with Crippen molar-refractivity contribution in [2.45, 2.75) is 46.5 Å². The first-order chi connectivity index (χ1) is 7.63. The maximum absolute atomic E-state index is 11.5. The van der Waals surface area contributed by atoms with Crippen molar-refractivity contribution in [3.05, 3.63) is 29.3 Å². The van der Waals surface area contributed by atoms with Crippen LogP contribution in [0.1, 0.15) is 43.7 Å². The van der Waals surface area contributed by atoms with Gasteiger partial charge in [0.25, 0.3) is 0 Å². The van der Waals surface area contributed by atoms with Gasteiger partial charge >= 0.3 is 5.97 Å². The van der Waals surface area contributed by atoms with Crippen LogP contribution >= 0.6 is 0 Å². The first-order valence-electron chi connectivity index (χ1n) is 5.91. The molecule has 0 amide bonds. The number of hydrogen-bond donors (Lipinski definition) is 0. The summed E-state index contributed by atoms with van der Waals surface area (Å²) < 4.78 is 5.31. The topological polar surface area (TPSA) is 26.3 Å². The summed E-state index contributed by atoms with van der Waals surface area (Å²) in [6, 6.07) is 5.85. The Bertz CT molecular complexity index is 356. The first-order valence-corrected chi connectivity index (χ1v) is 5.91. The molecular weight excluding hydrogens is 200 g/mol. The molecule has 0 N–H and O–H groups in total. The number of benzene rings is 1. The summed E-state index contributed by atoms with van der Waals surface area (Å²) in [5.41, 5.74) is 2.20. The molecule has 1 rings (SSSR count). The summed E-state index contributed by atoms with van der Waals surface area (Å²) >= 11 is 0. The number of rotatable bonds is 5. The molecule has 2 nitrogen and oxygen atoms in total. The highest BCUT2D eigenvalue weighted by molar-refractivity contribution is 5.72. The molecule has 1 aromatic rings. The van der Waals surface area contributed by atoms with Gasteiger partial charge in [-0.25, -0.2) is 0 Å². The van der Waals surface area contributed by atoms with Gasteiger partial charge in [-0.2, -0.15) is 0 Å². The van der Waals surface area contributed by atoms with Crippen molar-refractivity contribution in [3.8, 4) is 5.75 Å². The van der Waals surface area contributed by atoms with Gasteiger partial charge in [-0.3, -0.25) is 4.79 Å². The Hall–Kier alpha value is -1.31. The summed E-state index contributed by atoms with van der Waals surface area (Å²) in [5, 5.41) is 0. The second-order valence-corrected chi connectivity index (χ2v) is 4.20. The molecule has 0 fully saturated rings. The molecule has 0 atom stereocenters. The van der Waals surface area contributed by atoms with Gasteiger partial charge in [-0.05, 0) is 31.9 Å². The lowest BCUT2D eigenvalue weighted by molar-refractivity contribution is -0.134. The maximum Gasteiger partial charge on any atom is 0.311 e. The van der Waals surface area contributed by atoms with Crippen LogP contribution in [0, 0.1) is 13.8 Å². The second-order valence-electron chi connectivity index (χ2n) is 4.20. The average molecular weight is 220 g/mol. The number of aryl methyl sites for hydroxylation is 2. The minimum absolute atomic E-state index is 0.125. The number of hydrogen-bond acceptors (Lipinski definition) is 2. The lowest BCUT2D eigenvalue weighted by Crippen LogP contribution is -2.08. The van der Waals surface area contributed by atoms with E-state index in [-0.39, 0.29) is 5.97 Å². The Balaban J connectivity index is 2.49. The van der Waals surface area contributed by atoms with Gasteiger partial charge in [0, 0.05) is 6.42 Å². The van der Waals surface area contributed by atoms with E-state index in [1.54, 1.807) is 0 Å². The quantitative estimate of drug-likeness (QED) is 0.428. The molecule has 0 radical (unpaired) electrons. The van der Waals surface area contributed by atoms with Gasteiger partial charge < -0.3 is 4.74 Å². The highest BCUT2D eigenvalue weighted by Crippen LogP contribution is 2.19. The van der Waals surface area contributed by atoms with Crippen molar-refractivity contribution in [1.29, 1.82) is 0 Å². The molecule has 2 heteroatoms. The average Bonchev–Trinajstić information content (AvgIpc) is 2.23. The Morgan fingerprint density at radius 2 is 2.00 bits per heavy atom. The summed E-state index contributed by atoms with van der Waals surface area (Å²) in [7, 11) is 0. The zero-order valence-electron chi connectivity index (χ0n) is 10.4. The van der Waals surface area contributed by atoms with Crippen molar-refractivity contribution in [2.75, 3.05) is 0 Å². The molecule has 0 aliphatic heterocycles. The molecule has 0 saturated carbocycles. The monoisotopic (exact) mass is 220 g/mol. The van der Waals surface area contributed by atoms with Crippen molar-refractivity contribution in [3.63, 3.8) is 0 Å². The molecule has 0 unspecified atom stereocenters.